The van der Waals surface area contributed by atoms with Gasteiger partial charge in [0, 0.05) is 38.7 Å². The fourth-order valence-electron chi connectivity index (χ4n) is 9.27. The lowest BCUT2D eigenvalue weighted by Crippen LogP contribution is -2.16. The molecule has 9 aromatic carbocycles. The maximum atomic E-state index is 6.67. The van der Waals surface area contributed by atoms with Crippen LogP contribution in [-0.2, 0) is 5.41 Å². The number of furan rings is 1. The van der Waals surface area contributed by atoms with Crippen molar-refractivity contribution in [2.24, 2.45) is 0 Å². The Kier molecular flexibility index (Phi) is 8.20. The van der Waals surface area contributed by atoms with Crippen LogP contribution in [0.2, 0.25) is 0 Å². The molecule has 2 nitrogen and oxygen atoms in total. The third-order valence-corrected chi connectivity index (χ3v) is 12.3. The molecule has 10 aromatic rings. The highest BCUT2D eigenvalue weighted by molar-refractivity contribution is 6.11. The van der Waals surface area contributed by atoms with E-state index >= 15 is 0 Å². The van der Waals surface area contributed by atoms with E-state index in [-0.39, 0.29) is 5.41 Å². The van der Waals surface area contributed by atoms with Crippen LogP contribution in [0.5, 0.6) is 0 Å². The Balaban J connectivity index is 1.06. The number of fused-ring (bicyclic) bond motifs is 6. The second kappa shape index (κ2) is 13.9. The van der Waals surface area contributed by atoms with Gasteiger partial charge in [-0.3, -0.25) is 0 Å². The highest BCUT2D eigenvalue weighted by atomic mass is 16.3. The number of nitrogens with zero attached hydrogens (tertiary/aromatic N) is 1. The minimum Gasteiger partial charge on any atom is -0.455 e. The van der Waals surface area contributed by atoms with Gasteiger partial charge in [-0.05, 0) is 104 Å². The van der Waals surface area contributed by atoms with E-state index in [9.17, 15) is 0 Å². The van der Waals surface area contributed by atoms with Gasteiger partial charge in [0.1, 0.15) is 11.2 Å². The molecule has 1 heterocycles. The van der Waals surface area contributed by atoms with Crippen molar-refractivity contribution in [1.29, 1.82) is 0 Å². The van der Waals surface area contributed by atoms with Crippen molar-refractivity contribution < 1.29 is 4.42 Å². The molecule has 0 saturated heterocycles. The molecule has 1 aliphatic rings. The average molecular weight is 756 g/mol. The first-order valence-corrected chi connectivity index (χ1v) is 20.4. The second-order valence-electron chi connectivity index (χ2n) is 16.1. The largest absolute Gasteiger partial charge is 0.455 e. The van der Waals surface area contributed by atoms with Crippen molar-refractivity contribution in [3.05, 3.63) is 223 Å². The summed E-state index contributed by atoms with van der Waals surface area (Å²) in [4.78, 5) is 2.42. The number of para-hydroxylation sites is 2. The number of rotatable bonds is 7. The fraction of sp³-hybridized carbons (Fsp3) is 0.0526. The molecule has 0 amide bonds. The Morgan fingerprint density at radius 3 is 1.66 bits per heavy atom. The van der Waals surface area contributed by atoms with Crippen LogP contribution in [0, 0.1) is 0 Å². The van der Waals surface area contributed by atoms with E-state index in [2.05, 4.69) is 225 Å². The first-order chi connectivity index (χ1) is 29.0. The van der Waals surface area contributed by atoms with Crippen molar-refractivity contribution in [1.82, 2.24) is 0 Å². The Morgan fingerprint density at radius 1 is 0.356 bits per heavy atom. The zero-order valence-corrected chi connectivity index (χ0v) is 33.1. The smallest absolute Gasteiger partial charge is 0.143 e. The van der Waals surface area contributed by atoms with Gasteiger partial charge in [-0.25, -0.2) is 0 Å². The molecule has 0 unspecified atom stereocenters. The summed E-state index contributed by atoms with van der Waals surface area (Å²) in [6.07, 6.45) is 0. The molecule has 1 aliphatic carbocycles. The molecule has 1 aromatic heterocycles. The predicted octanol–water partition coefficient (Wildman–Crippen LogP) is 16.0. The maximum absolute atomic E-state index is 6.67. The molecule has 0 saturated carbocycles. The summed E-state index contributed by atoms with van der Waals surface area (Å²) in [5.41, 5.74) is 19.6. The molecule has 0 spiro atoms. The van der Waals surface area contributed by atoms with E-state index in [1.807, 2.05) is 6.07 Å². The average Bonchev–Trinajstić information content (AvgIpc) is 3.79. The van der Waals surface area contributed by atoms with E-state index in [0.29, 0.717) is 0 Å². The topological polar surface area (TPSA) is 16.4 Å². The van der Waals surface area contributed by atoms with Gasteiger partial charge in [0.2, 0.25) is 0 Å². The van der Waals surface area contributed by atoms with Gasteiger partial charge in [0.05, 0.1) is 5.69 Å². The number of hydrogen-bond donors (Lipinski definition) is 0. The van der Waals surface area contributed by atoms with Crippen molar-refractivity contribution in [2.75, 3.05) is 4.90 Å². The minimum absolute atomic E-state index is 0.124. The van der Waals surface area contributed by atoms with Crippen LogP contribution in [0.4, 0.5) is 17.1 Å². The number of hydrogen-bond acceptors (Lipinski definition) is 2. The molecule has 0 aliphatic heterocycles. The summed E-state index contributed by atoms with van der Waals surface area (Å²) in [6.45, 7) is 4.70. The SMILES string of the molecule is CC1(C)c2ccccc2-c2ccc(N(c3ccc(-c4cc(-c5ccc(-c6ccccc6)cc5)cc5c4oc4ccccc45)cc3)c3ccccc3-c3ccccc3)cc21. The van der Waals surface area contributed by atoms with Crippen LogP contribution in [0.3, 0.4) is 0 Å². The Morgan fingerprint density at radius 2 is 0.898 bits per heavy atom. The molecule has 2 heteroatoms. The molecular weight excluding hydrogens is 715 g/mol. The number of anilines is 3. The lowest BCUT2D eigenvalue weighted by atomic mass is 9.82. The van der Waals surface area contributed by atoms with E-state index in [4.69, 9.17) is 4.42 Å². The van der Waals surface area contributed by atoms with Crippen LogP contribution >= 0.6 is 0 Å². The van der Waals surface area contributed by atoms with Crippen LogP contribution in [0.15, 0.2) is 217 Å². The second-order valence-corrected chi connectivity index (χ2v) is 16.1. The number of benzene rings is 9. The van der Waals surface area contributed by atoms with Gasteiger partial charge < -0.3 is 9.32 Å². The molecule has 0 bridgehead atoms. The lowest BCUT2D eigenvalue weighted by Gasteiger charge is -2.30. The summed E-state index contributed by atoms with van der Waals surface area (Å²) in [6, 6.07) is 76.8. The van der Waals surface area contributed by atoms with Crippen molar-refractivity contribution >= 4 is 39.0 Å². The summed E-state index contributed by atoms with van der Waals surface area (Å²) in [5.74, 6) is 0. The summed E-state index contributed by atoms with van der Waals surface area (Å²) in [5, 5.41) is 2.23. The van der Waals surface area contributed by atoms with Crippen LogP contribution < -0.4 is 4.90 Å². The fourth-order valence-corrected chi connectivity index (χ4v) is 9.27. The Bertz CT molecular complexity index is 3160. The molecule has 59 heavy (non-hydrogen) atoms. The zero-order valence-electron chi connectivity index (χ0n) is 33.1. The molecule has 280 valence electrons. The van der Waals surface area contributed by atoms with Gasteiger partial charge >= 0.3 is 0 Å². The highest BCUT2D eigenvalue weighted by Crippen LogP contribution is 2.51. The summed E-state index contributed by atoms with van der Waals surface area (Å²) >= 11 is 0. The van der Waals surface area contributed by atoms with Gasteiger partial charge in [-0.15, -0.1) is 0 Å². The molecule has 11 rings (SSSR count). The first-order valence-electron chi connectivity index (χ1n) is 20.4. The van der Waals surface area contributed by atoms with Crippen molar-refractivity contribution in [3.63, 3.8) is 0 Å². The van der Waals surface area contributed by atoms with Crippen LogP contribution in [0.25, 0.3) is 77.6 Å². The molecule has 0 fully saturated rings. The van der Waals surface area contributed by atoms with E-state index in [1.54, 1.807) is 0 Å². The van der Waals surface area contributed by atoms with Crippen LogP contribution in [0.1, 0.15) is 25.0 Å². The first kappa shape index (κ1) is 34.8. The van der Waals surface area contributed by atoms with Gasteiger partial charge in [0.15, 0.2) is 0 Å². The van der Waals surface area contributed by atoms with Gasteiger partial charge in [-0.2, -0.15) is 0 Å². The summed E-state index contributed by atoms with van der Waals surface area (Å²) < 4.78 is 6.67. The minimum atomic E-state index is -0.124. The maximum Gasteiger partial charge on any atom is 0.143 e. The van der Waals surface area contributed by atoms with E-state index < -0.39 is 0 Å². The predicted molar refractivity (Wildman–Crippen MR) is 248 cm³/mol. The zero-order chi connectivity index (χ0) is 39.5. The van der Waals surface area contributed by atoms with Crippen molar-refractivity contribution in [2.45, 2.75) is 19.3 Å². The van der Waals surface area contributed by atoms with E-state index in [0.717, 1.165) is 55.7 Å². The van der Waals surface area contributed by atoms with E-state index in [1.165, 1.54) is 50.1 Å². The third-order valence-electron chi connectivity index (χ3n) is 12.3. The molecule has 0 radical (unpaired) electrons. The van der Waals surface area contributed by atoms with Gasteiger partial charge in [0.25, 0.3) is 0 Å². The standard InChI is InChI=1S/C57H41NO/c1-57(2)52-22-12-9-20-47(52)48-34-33-45(37-53(48)57)58(54-23-13-10-19-46(54)41-17-7-4-8-18-41)44-31-29-42(30-32-44)50-35-43(36-51-49-21-11-14-24-55(49)59-56(50)51)40-27-25-39(26-28-40)38-15-5-3-6-16-38/h3-37H,1-2H3. The normalized spacial score (nSPS) is 12.7. The molecular formula is C57H41NO. The summed E-state index contributed by atoms with van der Waals surface area (Å²) in [7, 11) is 0. The molecule has 0 N–H and O–H groups in total. The van der Waals surface area contributed by atoms with Gasteiger partial charge in [-0.1, -0.05) is 178 Å². The Labute approximate surface area is 345 Å². The third kappa shape index (κ3) is 5.87. The van der Waals surface area contributed by atoms with Crippen molar-refractivity contribution in [3.8, 4) is 55.6 Å². The monoisotopic (exact) mass is 755 g/mol. The Hall–Kier alpha value is -7.42. The lowest BCUT2D eigenvalue weighted by molar-refractivity contribution is 0.660. The highest BCUT2D eigenvalue weighted by Gasteiger charge is 2.36. The molecule has 0 atom stereocenters. The van der Waals surface area contributed by atoms with Crippen LogP contribution in [-0.4, -0.2) is 0 Å². The quantitative estimate of drug-likeness (QED) is 0.161.